The monoisotopic (exact) mass is 518 g/mol. The Hall–Kier alpha value is -2.54. The van der Waals surface area contributed by atoms with Crippen LogP contribution < -0.4 is 10.4 Å². The molecule has 0 aliphatic rings. The highest BCUT2D eigenvalue weighted by Gasteiger charge is 2.50. The Morgan fingerprint density at radius 1 is 0.865 bits per heavy atom. The fourth-order valence-electron chi connectivity index (χ4n) is 4.90. The number of benzene rings is 3. The zero-order chi connectivity index (χ0) is 26.7. The van der Waals surface area contributed by atoms with Crippen molar-refractivity contribution in [3.63, 3.8) is 0 Å². The SMILES string of the molecule is C=CC[C@H](O)[C@H](CO[Si](c1ccccc1)(c1ccccc1)C(C)(C)C)[C@@H](C)OCOCc1ccccc1. The molecule has 3 rings (SSSR count). The number of hydrogen-bond donors (Lipinski definition) is 1. The van der Waals surface area contributed by atoms with E-state index in [2.05, 4.69) is 75.9 Å². The molecule has 0 amide bonds. The minimum absolute atomic E-state index is 0.145. The maximum absolute atomic E-state index is 11.1. The summed E-state index contributed by atoms with van der Waals surface area (Å²) in [6.07, 6.45) is 1.30. The van der Waals surface area contributed by atoms with Crippen LogP contribution in [0.5, 0.6) is 0 Å². The van der Waals surface area contributed by atoms with Crippen LogP contribution in [0.1, 0.15) is 39.7 Å². The van der Waals surface area contributed by atoms with E-state index < -0.39 is 14.4 Å². The zero-order valence-electron chi connectivity index (χ0n) is 22.7. The molecule has 0 saturated heterocycles. The number of hydrogen-bond acceptors (Lipinski definition) is 4. The molecule has 0 saturated carbocycles. The zero-order valence-corrected chi connectivity index (χ0v) is 23.7. The second kappa shape index (κ2) is 13.8. The molecule has 0 unspecified atom stereocenters. The lowest BCUT2D eigenvalue weighted by Crippen LogP contribution is -2.67. The third kappa shape index (κ3) is 7.50. The molecular formula is C32H42O4Si. The van der Waals surface area contributed by atoms with E-state index in [0.29, 0.717) is 19.6 Å². The largest absolute Gasteiger partial charge is 0.407 e. The van der Waals surface area contributed by atoms with Crippen LogP contribution in [0.4, 0.5) is 0 Å². The van der Waals surface area contributed by atoms with E-state index in [0.717, 1.165) is 5.56 Å². The number of aliphatic hydroxyl groups excluding tert-OH is 1. The van der Waals surface area contributed by atoms with E-state index in [1.807, 2.05) is 49.4 Å². The van der Waals surface area contributed by atoms with Gasteiger partial charge in [-0.25, -0.2) is 0 Å². The Balaban J connectivity index is 1.82. The Morgan fingerprint density at radius 2 is 1.38 bits per heavy atom. The van der Waals surface area contributed by atoms with Crippen LogP contribution in [0, 0.1) is 5.92 Å². The Bertz CT molecular complexity index is 1010. The van der Waals surface area contributed by atoms with Crippen molar-refractivity contribution in [1.29, 1.82) is 0 Å². The third-order valence-electron chi connectivity index (χ3n) is 6.94. The van der Waals surface area contributed by atoms with Crippen molar-refractivity contribution >= 4 is 18.7 Å². The summed E-state index contributed by atoms with van der Waals surface area (Å²) in [5.74, 6) is -0.250. The first-order valence-corrected chi connectivity index (χ1v) is 15.0. The Morgan fingerprint density at radius 3 is 1.86 bits per heavy atom. The van der Waals surface area contributed by atoms with E-state index >= 15 is 0 Å². The van der Waals surface area contributed by atoms with Gasteiger partial charge >= 0.3 is 0 Å². The quantitative estimate of drug-likeness (QED) is 0.129. The van der Waals surface area contributed by atoms with Crippen LogP contribution >= 0.6 is 0 Å². The normalized spacial score (nSPS) is 14.6. The van der Waals surface area contributed by atoms with Crippen molar-refractivity contribution in [2.75, 3.05) is 13.4 Å². The van der Waals surface area contributed by atoms with E-state index in [1.165, 1.54) is 10.4 Å². The van der Waals surface area contributed by atoms with Crippen LogP contribution in [0.25, 0.3) is 0 Å². The summed E-state index contributed by atoms with van der Waals surface area (Å²) in [5.41, 5.74) is 1.09. The van der Waals surface area contributed by atoms with Gasteiger partial charge in [0.05, 0.1) is 18.8 Å². The number of ether oxygens (including phenoxy) is 2. The molecule has 4 nitrogen and oxygen atoms in total. The molecule has 0 aliphatic heterocycles. The molecule has 3 aromatic rings. The van der Waals surface area contributed by atoms with Gasteiger partial charge in [0, 0.05) is 12.5 Å². The van der Waals surface area contributed by atoms with E-state index in [4.69, 9.17) is 13.9 Å². The standard InChI is InChI=1S/C32H42O4Si/c1-6-16-31(33)30(26(2)35-25-34-23-27-17-10-7-11-18-27)24-36-37(32(3,4)5,28-19-12-8-13-20-28)29-21-14-9-15-22-29/h6-15,17-22,26,30-31,33H,1,16,23-25H2,2-5H3/t26-,30-,31+/m1/s1. The van der Waals surface area contributed by atoms with Crippen molar-refractivity contribution in [3.8, 4) is 0 Å². The molecule has 0 fully saturated rings. The van der Waals surface area contributed by atoms with Crippen LogP contribution in [0.3, 0.4) is 0 Å². The summed E-state index contributed by atoms with van der Waals surface area (Å²) in [5, 5.41) is 13.4. The molecule has 1 N–H and O–H groups in total. The summed E-state index contributed by atoms with van der Waals surface area (Å²) in [6, 6.07) is 31.1. The predicted octanol–water partition coefficient (Wildman–Crippen LogP) is 5.70. The minimum atomic E-state index is -2.73. The van der Waals surface area contributed by atoms with Crippen molar-refractivity contribution in [1.82, 2.24) is 0 Å². The van der Waals surface area contributed by atoms with Crippen molar-refractivity contribution < 1.29 is 19.0 Å². The van der Waals surface area contributed by atoms with Gasteiger partial charge in [-0.3, -0.25) is 0 Å². The first-order valence-electron chi connectivity index (χ1n) is 13.1. The summed E-state index contributed by atoms with van der Waals surface area (Å²) < 4.78 is 19.0. The molecule has 198 valence electrons. The van der Waals surface area contributed by atoms with Crippen LogP contribution in [-0.2, 0) is 20.5 Å². The molecule has 0 heterocycles. The molecule has 0 spiro atoms. The molecule has 0 radical (unpaired) electrons. The molecule has 3 atom stereocenters. The lowest BCUT2D eigenvalue weighted by Gasteiger charge is -2.44. The maximum atomic E-state index is 11.1. The third-order valence-corrected chi connectivity index (χ3v) is 11.9. The van der Waals surface area contributed by atoms with Gasteiger partial charge < -0.3 is 19.0 Å². The lowest BCUT2D eigenvalue weighted by atomic mass is 9.95. The molecule has 0 aliphatic carbocycles. The smallest absolute Gasteiger partial charge is 0.261 e. The van der Waals surface area contributed by atoms with Crippen molar-refractivity contribution in [3.05, 3.63) is 109 Å². The van der Waals surface area contributed by atoms with Gasteiger partial charge in [0.2, 0.25) is 0 Å². The maximum Gasteiger partial charge on any atom is 0.261 e. The summed E-state index contributed by atoms with van der Waals surface area (Å²) in [7, 11) is -2.73. The highest BCUT2D eigenvalue weighted by molar-refractivity contribution is 6.99. The van der Waals surface area contributed by atoms with Crippen LogP contribution in [0.15, 0.2) is 104 Å². The topological polar surface area (TPSA) is 47.9 Å². The Labute approximate surface area is 224 Å². The molecule has 5 heteroatoms. The minimum Gasteiger partial charge on any atom is -0.407 e. The van der Waals surface area contributed by atoms with Gasteiger partial charge in [-0.05, 0) is 34.3 Å². The molecule has 37 heavy (non-hydrogen) atoms. The van der Waals surface area contributed by atoms with Gasteiger partial charge in [-0.1, -0.05) is 118 Å². The molecule has 0 aromatic heterocycles. The Kier molecular flexibility index (Phi) is 10.9. The highest BCUT2D eigenvalue weighted by atomic mass is 28.4. The van der Waals surface area contributed by atoms with E-state index in [-0.39, 0.29) is 23.9 Å². The van der Waals surface area contributed by atoms with Gasteiger partial charge in [-0.2, -0.15) is 0 Å². The molecule has 3 aromatic carbocycles. The van der Waals surface area contributed by atoms with Gasteiger partial charge in [0.1, 0.15) is 6.79 Å². The van der Waals surface area contributed by atoms with Gasteiger partial charge in [0.15, 0.2) is 0 Å². The molecule has 0 bridgehead atoms. The van der Waals surface area contributed by atoms with E-state index in [1.54, 1.807) is 6.08 Å². The average molecular weight is 519 g/mol. The fourth-order valence-corrected chi connectivity index (χ4v) is 9.50. The molecular weight excluding hydrogens is 476 g/mol. The van der Waals surface area contributed by atoms with E-state index in [9.17, 15) is 5.11 Å². The number of rotatable bonds is 14. The summed E-state index contributed by atoms with van der Waals surface area (Å²) in [4.78, 5) is 0. The number of aliphatic hydroxyl groups is 1. The van der Waals surface area contributed by atoms with Crippen molar-refractivity contribution in [2.45, 2.75) is 58.0 Å². The first-order chi connectivity index (χ1) is 17.8. The first kappa shape index (κ1) is 29.0. The summed E-state index contributed by atoms with van der Waals surface area (Å²) >= 11 is 0. The lowest BCUT2D eigenvalue weighted by molar-refractivity contribution is -0.126. The van der Waals surface area contributed by atoms with Crippen LogP contribution in [0.2, 0.25) is 5.04 Å². The van der Waals surface area contributed by atoms with Crippen molar-refractivity contribution in [2.24, 2.45) is 5.92 Å². The average Bonchev–Trinajstić information content (AvgIpc) is 2.90. The second-order valence-corrected chi connectivity index (χ2v) is 14.9. The summed E-state index contributed by atoms with van der Waals surface area (Å²) in [6.45, 7) is 13.6. The van der Waals surface area contributed by atoms with Crippen LogP contribution in [-0.4, -0.2) is 39.0 Å². The van der Waals surface area contributed by atoms with Gasteiger partial charge in [-0.15, -0.1) is 6.58 Å². The highest BCUT2D eigenvalue weighted by Crippen LogP contribution is 2.37. The van der Waals surface area contributed by atoms with Gasteiger partial charge in [0.25, 0.3) is 8.32 Å². The predicted molar refractivity (Wildman–Crippen MR) is 155 cm³/mol. The fraction of sp³-hybridized carbons (Fsp3) is 0.375. The second-order valence-electron chi connectivity index (χ2n) is 10.6.